The van der Waals surface area contributed by atoms with Crippen molar-refractivity contribution < 1.29 is 4.74 Å². The van der Waals surface area contributed by atoms with E-state index in [4.69, 9.17) is 16.3 Å². The third-order valence-electron chi connectivity index (χ3n) is 4.51. The third-order valence-corrected chi connectivity index (χ3v) is 4.73. The van der Waals surface area contributed by atoms with E-state index in [0.717, 1.165) is 30.3 Å². The topological polar surface area (TPSA) is 60.2 Å². The standard InChI is InChI=1S/C20H19ClN4O2/c21-15-3-4-16(22-12-15)14-27-18-7-10-25(20(26)11-18)17-5-6-19(23-13-17)24-8-1-2-9-24/h3-7,10-13H,1-2,8-9,14H2. The van der Waals surface area contributed by atoms with Crippen molar-refractivity contribution in [2.75, 3.05) is 18.0 Å². The molecule has 0 amide bonds. The number of aromatic nitrogens is 3. The van der Waals surface area contributed by atoms with Crippen LogP contribution in [0.5, 0.6) is 5.75 Å². The highest BCUT2D eigenvalue weighted by molar-refractivity contribution is 6.30. The molecule has 0 unspecified atom stereocenters. The molecule has 138 valence electrons. The smallest absolute Gasteiger partial charge is 0.258 e. The minimum atomic E-state index is -0.174. The Kier molecular flexibility index (Phi) is 5.07. The summed E-state index contributed by atoms with van der Waals surface area (Å²) in [7, 11) is 0. The summed E-state index contributed by atoms with van der Waals surface area (Å²) in [5.74, 6) is 1.45. The van der Waals surface area contributed by atoms with E-state index >= 15 is 0 Å². The van der Waals surface area contributed by atoms with E-state index in [2.05, 4.69) is 14.9 Å². The van der Waals surface area contributed by atoms with E-state index in [1.165, 1.54) is 18.9 Å². The van der Waals surface area contributed by atoms with Gasteiger partial charge < -0.3 is 9.64 Å². The largest absolute Gasteiger partial charge is 0.487 e. The first-order chi connectivity index (χ1) is 13.2. The summed E-state index contributed by atoms with van der Waals surface area (Å²) in [5, 5.41) is 0.575. The van der Waals surface area contributed by atoms with E-state index in [-0.39, 0.29) is 12.2 Å². The molecule has 0 atom stereocenters. The zero-order chi connectivity index (χ0) is 18.6. The number of nitrogens with zero attached hydrogens (tertiary/aromatic N) is 4. The quantitative estimate of drug-likeness (QED) is 0.676. The van der Waals surface area contributed by atoms with Crippen LogP contribution in [0.15, 0.2) is 59.8 Å². The van der Waals surface area contributed by atoms with E-state index in [1.807, 2.05) is 12.1 Å². The van der Waals surface area contributed by atoms with Gasteiger partial charge in [0.25, 0.3) is 5.56 Å². The average Bonchev–Trinajstić information content (AvgIpc) is 3.23. The Morgan fingerprint density at radius 1 is 1.04 bits per heavy atom. The van der Waals surface area contributed by atoms with Crippen LogP contribution in [-0.4, -0.2) is 27.6 Å². The molecule has 27 heavy (non-hydrogen) atoms. The highest BCUT2D eigenvalue weighted by atomic mass is 35.5. The lowest BCUT2D eigenvalue weighted by molar-refractivity contribution is 0.300. The highest BCUT2D eigenvalue weighted by Gasteiger charge is 2.13. The maximum absolute atomic E-state index is 12.4. The van der Waals surface area contributed by atoms with Crippen molar-refractivity contribution in [2.45, 2.75) is 19.4 Å². The van der Waals surface area contributed by atoms with Gasteiger partial charge in [-0.3, -0.25) is 14.3 Å². The van der Waals surface area contributed by atoms with Crippen molar-refractivity contribution in [3.8, 4) is 11.4 Å². The second-order valence-corrected chi connectivity index (χ2v) is 6.83. The molecule has 0 saturated carbocycles. The van der Waals surface area contributed by atoms with Gasteiger partial charge >= 0.3 is 0 Å². The zero-order valence-corrected chi connectivity index (χ0v) is 15.5. The Labute approximate surface area is 162 Å². The number of hydrogen-bond donors (Lipinski definition) is 0. The second kappa shape index (κ2) is 7.80. The van der Waals surface area contributed by atoms with Gasteiger partial charge in [0.15, 0.2) is 0 Å². The molecule has 6 nitrogen and oxygen atoms in total. The van der Waals surface area contributed by atoms with Crippen LogP contribution in [-0.2, 0) is 6.61 Å². The van der Waals surface area contributed by atoms with Gasteiger partial charge in [-0.15, -0.1) is 0 Å². The molecule has 0 aliphatic carbocycles. The monoisotopic (exact) mass is 382 g/mol. The fourth-order valence-electron chi connectivity index (χ4n) is 3.07. The van der Waals surface area contributed by atoms with Crippen LogP contribution >= 0.6 is 11.6 Å². The number of hydrogen-bond acceptors (Lipinski definition) is 5. The molecule has 4 rings (SSSR count). The summed E-state index contributed by atoms with van der Waals surface area (Å²) in [4.78, 5) is 23.4. The Hall–Kier alpha value is -2.86. The molecule has 0 radical (unpaired) electrons. The number of rotatable bonds is 5. The van der Waals surface area contributed by atoms with Gasteiger partial charge in [0.2, 0.25) is 0 Å². The molecule has 1 fully saturated rings. The van der Waals surface area contributed by atoms with Crippen LogP contribution in [0.25, 0.3) is 5.69 Å². The minimum Gasteiger partial charge on any atom is -0.487 e. The lowest BCUT2D eigenvalue weighted by atomic mass is 10.3. The zero-order valence-electron chi connectivity index (χ0n) is 14.7. The molecule has 7 heteroatoms. The van der Waals surface area contributed by atoms with Gasteiger partial charge in [0.05, 0.1) is 22.6 Å². The predicted octanol–water partition coefficient (Wildman–Crippen LogP) is 3.46. The molecule has 0 N–H and O–H groups in total. The summed E-state index contributed by atoms with van der Waals surface area (Å²) < 4.78 is 7.20. The molecule has 3 aromatic rings. The molecule has 1 saturated heterocycles. The molecule has 4 heterocycles. The highest BCUT2D eigenvalue weighted by Crippen LogP contribution is 2.19. The van der Waals surface area contributed by atoms with Crippen LogP contribution < -0.4 is 15.2 Å². The molecule has 1 aliphatic rings. The van der Waals surface area contributed by atoms with E-state index in [1.54, 1.807) is 41.4 Å². The van der Waals surface area contributed by atoms with Gasteiger partial charge in [-0.05, 0) is 43.2 Å². The van der Waals surface area contributed by atoms with Crippen LogP contribution in [0.4, 0.5) is 5.82 Å². The molecule has 1 aliphatic heterocycles. The third kappa shape index (κ3) is 4.11. The van der Waals surface area contributed by atoms with Crippen molar-refractivity contribution in [3.63, 3.8) is 0 Å². The van der Waals surface area contributed by atoms with E-state index < -0.39 is 0 Å². The molecule has 3 aromatic heterocycles. The van der Waals surface area contributed by atoms with Crippen molar-refractivity contribution >= 4 is 17.4 Å². The van der Waals surface area contributed by atoms with Crippen molar-refractivity contribution in [2.24, 2.45) is 0 Å². The first kappa shape index (κ1) is 17.5. The lowest BCUT2D eigenvalue weighted by Gasteiger charge is -2.16. The van der Waals surface area contributed by atoms with Crippen LogP contribution in [0, 0.1) is 0 Å². The fourth-order valence-corrected chi connectivity index (χ4v) is 3.18. The van der Waals surface area contributed by atoms with Gasteiger partial charge in [-0.2, -0.15) is 0 Å². The van der Waals surface area contributed by atoms with Crippen LogP contribution in [0.2, 0.25) is 5.02 Å². The summed E-state index contributed by atoms with van der Waals surface area (Å²) in [6.07, 6.45) is 7.40. The van der Waals surface area contributed by atoms with Crippen LogP contribution in [0.3, 0.4) is 0 Å². The first-order valence-electron chi connectivity index (χ1n) is 8.86. The molecule has 0 spiro atoms. The number of halogens is 1. The van der Waals surface area contributed by atoms with Gasteiger partial charge in [0, 0.05) is 31.5 Å². The number of anilines is 1. The van der Waals surface area contributed by atoms with Gasteiger partial charge in [-0.1, -0.05) is 11.6 Å². The van der Waals surface area contributed by atoms with E-state index in [0.29, 0.717) is 10.8 Å². The Morgan fingerprint density at radius 2 is 1.89 bits per heavy atom. The molecule has 0 bridgehead atoms. The summed E-state index contributed by atoms with van der Waals surface area (Å²) in [6, 6.07) is 10.6. The maximum atomic E-state index is 12.4. The van der Waals surface area contributed by atoms with E-state index in [9.17, 15) is 4.79 Å². The fraction of sp³-hybridized carbons (Fsp3) is 0.250. The SMILES string of the molecule is O=c1cc(OCc2ccc(Cl)cn2)ccn1-c1ccc(N2CCCC2)nc1. The Balaban J connectivity index is 1.46. The lowest BCUT2D eigenvalue weighted by Crippen LogP contribution is -2.20. The second-order valence-electron chi connectivity index (χ2n) is 6.40. The molecular weight excluding hydrogens is 364 g/mol. The summed E-state index contributed by atoms with van der Waals surface area (Å²) >= 11 is 5.82. The van der Waals surface area contributed by atoms with Crippen molar-refractivity contribution in [1.82, 2.24) is 14.5 Å². The van der Waals surface area contributed by atoms with Crippen LogP contribution in [0.1, 0.15) is 18.5 Å². The normalized spacial score (nSPS) is 13.7. The minimum absolute atomic E-state index is 0.174. The first-order valence-corrected chi connectivity index (χ1v) is 9.24. The number of ether oxygens (including phenoxy) is 1. The molecule has 0 aromatic carbocycles. The average molecular weight is 383 g/mol. The Morgan fingerprint density at radius 3 is 2.56 bits per heavy atom. The van der Waals surface area contributed by atoms with Crippen molar-refractivity contribution in [3.05, 3.63) is 76.1 Å². The maximum Gasteiger partial charge on any atom is 0.258 e. The van der Waals surface area contributed by atoms with Gasteiger partial charge in [-0.25, -0.2) is 4.98 Å². The van der Waals surface area contributed by atoms with Gasteiger partial charge in [0.1, 0.15) is 18.2 Å². The summed E-state index contributed by atoms with van der Waals surface area (Å²) in [6.45, 7) is 2.36. The molecular formula is C20H19ClN4O2. The van der Waals surface area contributed by atoms with Crippen molar-refractivity contribution in [1.29, 1.82) is 0 Å². The predicted molar refractivity (Wildman–Crippen MR) is 105 cm³/mol. The Bertz CT molecular complexity index is 965. The number of pyridine rings is 3. The summed E-state index contributed by atoms with van der Waals surface area (Å²) in [5.41, 5.74) is 1.30.